The van der Waals surface area contributed by atoms with Crippen LogP contribution in [0, 0.1) is 6.92 Å². The van der Waals surface area contributed by atoms with Crippen LogP contribution in [0.2, 0.25) is 0 Å². The van der Waals surface area contributed by atoms with Crippen molar-refractivity contribution in [1.82, 2.24) is 4.98 Å². The molecule has 2 heteroatoms. The molecule has 1 fully saturated rings. The van der Waals surface area contributed by atoms with Gasteiger partial charge < -0.3 is 9.72 Å². The highest BCUT2D eigenvalue weighted by Crippen LogP contribution is 2.43. The lowest BCUT2D eigenvalue weighted by atomic mass is 10.1. The smallest absolute Gasteiger partial charge is 0.111 e. The number of fused-ring (bicyclic) bond motifs is 1. The number of rotatable bonds is 1. The molecule has 72 valence electrons. The quantitative estimate of drug-likeness (QED) is 0.683. The minimum Gasteiger partial charge on any atom is -0.365 e. The number of nitrogens with one attached hydrogen (secondary N) is 1. The second-order valence-corrected chi connectivity index (χ2v) is 3.97. The average Bonchev–Trinajstić information content (AvgIpc) is 2.78. The summed E-state index contributed by atoms with van der Waals surface area (Å²) in [5, 5.41) is 1.30. The summed E-state index contributed by atoms with van der Waals surface area (Å²) in [6.45, 7) is 4.23. The van der Waals surface area contributed by atoms with Gasteiger partial charge >= 0.3 is 0 Å². The molecular formula is C12H13NO. The summed E-state index contributed by atoms with van der Waals surface area (Å²) in [5.74, 6) is 0. The molecule has 2 heterocycles. The lowest BCUT2D eigenvalue weighted by Gasteiger charge is -1.94. The molecule has 0 aliphatic carbocycles. The monoisotopic (exact) mass is 187 g/mol. The van der Waals surface area contributed by atoms with Crippen LogP contribution in [0.5, 0.6) is 0 Å². The number of hydrogen-bond acceptors (Lipinski definition) is 1. The number of aromatic nitrogens is 1. The number of benzene rings is 1. The Morgan fingerprint density at radius 3 is 2.71 bits per heavy atom. The maximum atomic E-state index is 5.53. The van der Waals surface area contributed by atoms with Gasteiger partial charge in [0.1, 0.15) is 6.10 Å². The van der Waals surface area contributed by atoms with E-state index in [0.717, 1.165) is 0 Å². The van der Waals surface area contributed by atoms with Gasteiger partial charge in [0, 0.05) is 22.2 Å². The molecule has 2 aromatic rings. The van der Waals surface area contributed by atoms with Crippen molar-refractivity contribution in [1.29, 1.82) is 0 Å². The predicted octanol–water partition coefficient (Wildman–Crippen LogP) is 2.94. The summed E-state index contributed by atoms with van der Waals surface area (Å²) in [6.07, 6.45) is 0.694. The molecule has 0 amide bonds. The molecular weight excluding hydrogens is 174 g/mol. The highest BCUT2D eigenvalue weighted by atomic mass is 16.6. The third-order valence-electron chi connectivity index (χ3n) is 2.94. The van der Waals surface area contributed by atoms with Gasteiger partial charge in [0.25, 0.3) is 0 Å². The first-order valence-corrected chi connectivity index (χ1v) is 5.00. The summed E-state index contributed by atoms with van der Waals surface area (Å²) < 4.78 is 5.53. The van der Waals surface area contributed by atoms with E-state index in [4.69, 9.17) is 4.74 Å². The Kier molecular flexibility index (Phi) is 1.50. The van der Waals surface area contributed by atoms with Gasteiger partial charge in [0.15, 0.2) is 0 Å². The zero-order valence-electron chi connectivity index (χ0n) is 8.37. The van der Waals surface area contributed by atoms with Gasteiger partial charge in [-0.2, -0.15) is 0 Å². The Morgan fingerprint density at radius 2 is 2.00 bits per heavy atom. The van der Waals surface area contributed by atoms with Crippen LogP contribution in [-0.2, 0) is 4.74 Å². The Balaban J connectivity index is 2.25. The number of H-pyrrole nitrogens is 1. The van der Waals surface area contributed by atoms with E-state index in [1.807, 2.05) is 0 Å². The minimum absolute atomic E-state index is 0.311. The fourth-order valence-electron chi connectivity index (χ4n) is 2.15. The van der Waals surface area contributed by atoms with Crippen molar-refractivity contribution >= 4 is 10.9 Å². The van der Waals surface area contributed by atoms with Crippen LogP contribution in [-0.4, -0.2) is 11.1 Å². The maximum Gasteiger partial charge on any atom is 0.111 e. The van der Waals surface area contributed by atoms with Gasteiger partial charge in [-0.15, -0.1) is 0 Å². The SMILES string of the molecule is Cc1[nH]c2ccccc2c1C1OC1C. The largest absolute Gasteiger partial charge is 0.365 e. The molecule has 2 atom stereocenters. The number of hydrogen-bond donors (Lipinski definition) is 1. The van der Waals surface area contributed by atoms with Crippen molar-refractivity contribution in [3.63, 3.8) is 0 Å². The van der Waals surface area contributed by atoms with Crippen molar-refractivity contribution in [3.05, 3.63) is 35.5 Å². The molecule has 0 saturated carbocycles. The summed E-state index contributed by atoms with van der Waals surface area (Å²) in [4.78, 5) is 3.39. The molecule has 2 nitrogen and oxygen atoms in total. The Hall–Kier alpha value is -1.28. The highest BCUT2D eigenvalue weighted by Gasteiger charge is 2.38. The topological polar surface area (TPSA) is 28.3 Å². The number of aromatic amines is 1. The summed E-state index contributed by atoms with van der Waals surface area (Å²) in [7, 11) is 0. The third kappa shape index (κ3) is 1.01. The van der Waals surface area contributed by atoms with Crippen LogP contribution in [0.3, 0.4) is 0 Å². The van der Waals surface area contributed by atoms with E-state index >= 15 is 0 Å². The van der Waals surface area contributed by atoms with E-state index < -0.39 is 0 Å². The number of ether oxygens (including phenoxy) is 1. The van der Waals surface area contributed by atoms with Gasteiger partial charge in [-0.25, -0.2) is 0 Å². The molecule has 1 saturated heterocycles. The first-order valence-electron chi connectivity index (χ1n) is 5.00. The molecule has 0 radical (unpaired) electrons. The van der Waals surface area contributed by atoms with Gasteiger partial charge in [-0.05, 0) is 19.9 Å². The molecule has 0 bridgehead atoms. The molecule has 0 spiro atoms. The van der Waals surface area contributed by atoms with E-state index in [2.05, 4.69) is 43.1 Å². The van der Waals surface area contributed by atoms with Crippen molar-refractivity contribution in [2.45, 2.75) is 26.1 Å². The molecule has 3 rings (SSSR count). The summed E-state index contributed by atoms with van der Waals surface area (Å²) >= 11 is 0. The zero-order chi connectivity index (χ0) is 9.71. The van der Waals surface area contributed by atoms with Crippen LogP contribution in [0.15, 0.2) is 24.3 Å². The van der Waals surface area contributed by atoms with Crippen molar-refractivity contribution in [2.75, 3.05) is 0 Å². The van der Waals surface area contributed by atoms with E-state index in [-0.39, 0.29) is 0 Å². The Bertz CT molecular complexity index is 486. The lowest BCUT2D eigenvalue weighted by Crippen LogP contribution is -1.84. The van der Waals surface area contributed by atoms with Gasteiger partial charge in [-0.3, -0.25) is 0 Å². The number of aryl methyl sites for hydroxylation is 1. The van der Waals surface area contributed by atoms with E-state index in [1.54, 1.807) is 0 Å². The minimum atomic E-state index is 0.311. The summed E-state index contributed by atoms with van der Waals surface area (Å²) in [5.41, 5.74) is 3.79. The fraction of sp³-hybridized carbons (Fsp3) is 0.333. The molecule has 1 aliphatic rings. The zero-order valence-corrected chi connectivity index (χ0v) is 8.37. The standard InChI is InChI=1S/C12H13NO/c1-7-11(12-8(2)14-12)9-5-3-4-6-10(9)13-7/h3-6,8,12-13H,1-2H3. The Morgan fingerprint density at radius 1 is 1.29 bits per heavy atom. The first kappa shape index (κ1) is 8.06. The molecule has 1 aliphatic heterocycles. The molecule has 14 heavy (non-hydrogen) atoms. The highest BCUT2D eigenvalue weighted by molar-refractivity contribution is 5.85. The van der Waals surface area contributed by atoms with E-state index in [1.165, 1.54) is 22.2 Å². The number of para-hydroxylation sites is 1. The average molecular weight is 187 g/mol. The van der Waals surface area contributed by atoms with Crippen molar-refractivity contribution in [2.24, 2.45) is 0 Å². The molecule has 1 aromatic carbocycles. The number of epoxide rings is 1. The normalized spacial score (nSPS) is 25.6. The van der Waals surface area contributed by atoms with Gasteiger partial charge in [0.05, 0.1) is 6.10 Å². The first-order chi connectivity index (χ1) is 6.77. The van der Waals surface area contributed by atoms with Crippen molar-refractivity contribution in [3.8, 4) is 0 Å². The van der Waals surface area contributed by atoms with Gasteiger partial charge in [-0.1, -0.05) is 18.2 Å². The second kappa shape index (κ2) is 2.61. The van der Waals surface area contributed by atoms with E-state index in [9.17, 15) is 0 Å². The molecule has 1 N–H and O–H groups in total. The summed E-state index contributed by atoms with van der Waals surface area (Å²) in [6, 6.07) is 8.40. The maximum absolute atomic E-state index is 5.53. The second-order valence-electron chi connectivity index (χ2n) is 3.97. The van der Waals surface area contributed by atoms with Crippen LogP contribution < -0.4 is 0 Å². The van der Waals surface area contributed by atoms with Crippen LogP contribution in [0.25, 0.3) is 10.9 Å². The Labute approximate surface area is 82.9 Å². The van der Waals surface area contributed by atoms with E-state index in [0.29, 0.717) is 12.2 Å². The fourth-order valence-corrected chi connectivity index (χ4v) is 2.15. The van der Waals surface area contributed by atoms with Crippen molar-refractivity contribution < 1.29 is 4.74 Å². The lowest BCUT2D eigenvalue weighted by molar-refractivity contribution is 0.383. The van der Waals surface area contributed by atoms with Crippen LogP contribution in [0.4, 0.5) is 0 Å². The predicted molar refractivity (Wildman–Crippen MR) is 56.3 cm³/mol. The van der Waals surface area contributed by atoms with Crippen LogP contribution >= 0.6 is 0 Å². The third-order valence-corrected chi connectivity index (χ3v) is 2.94. The van der Waals surface area contributed by atoms with Crippen LogP contribution in [0.1, 0.15) is 24.3 Å². The van der Waals surface area contributed by atoms with Gasteiger partial charge in [0.2, 0.25) is 0 Å². The molecule has 1 aromatic heterocycles. The molecule has 2 unspecified atom stereocenters.